The number of likely N-dealkylation sites (tertiary alicyclic amines) is 1. The smallest absolute Gasteiger partial charge is 0.131 e. The highest BCUT2D eigenvalue weighted by atomic mass is 19.1. The van der Waals surface area contributed by atoms with E-state index in [1.165, 1.54) is 18.4 Å². The van der Waals surface area contributed by atoms with E-state index in [0.717, 1.165) is 36.3 Å². The molecule has 1 nitrogen and oxygen atoms in total. The lowest BCUT2D eigenvalue weighted by atomic mass is 9.98. The Hall–Kier alpha value is -1.41. The summed E-state index contributed by atoms with van der Waals surface area (Å²) in [6.07, 6.45) is 2.55. The second-order valence-corrected chi connectivity index (χ2v) is 5.71. The molecule has 0 unspecified atom stereocenters. The van der Waals surface area contributed by atoms with Crippen LogP contribution in [0.15, 0.2) is 36.4 Å². The van der Waals surface area contributed by atoms with Gasteiger partial charge in [0.2, 0.25) is 0 Å². The van der Waals surface area contributed by atoms with Crippen molar-refractivity contribution >= 4 is 10.8 Å². The van der Waals surface area contributed by atoms with Crippen molar-refractivity contribution in [2.24, 2.45) is 5.92 Å². The van der Waals surface area contributed by atoms with Crippen molar-refractivity contribution in [2.75, 3.05) is 13.1 Å². The molecule has 3 rings (SSSR count). The minimum Gasteiger partial charge on any atom is -0.299 e. The zero-order valence-electron chi connectivity index (χ0n) is 11.4. The van der Waals surface area contributed by atoms with E-state index in [1.54, 1.807) is 6.07 Å². The molecule has 0 saturated carbocycles. The van der Waals surface area contributed by atoms with Crippen molar-refractivity contribution in [3.05, 3.63) is 47.8 Å². The molecule has 0 radical (unpaired) electrons. The summed E-state index contributed by atoms with van der Waals surface area (Å²) in [7, 11) is 0. The third-order valence-electron chi connectivity index (χ3n) is 4.23. The Balaban J connectivity index is 1.87. The summed E-state index contributed by atoms with van der Waals surface area (Å²) in [5.41, 5.74) is 1.24. The molecular weight excluding hydrogens is 237 g/mol. The SMILES string of the molecule is CC1CCN(Cc2ccc(F)c3ccccc23)CC1. The highest BCUT2D eigenvalue weighted by Crippen LogP contribution is 2.25. The van der Waals surface area contributed by atoms with E-state index in [2.05, 4.69) is 11.8 Å². The van der Waals surface area contributed by atoms with Crippen molar-refractivity contribution in [1.82, 2.24) is 4.90 Å². The van der Waals surface area contributed by atoms with Gasteiger partial charge in [-0.2, -0.15) is 0 Å². The Morgan fingerprint density at radius 1 is 1.05 bits per heavy atom. The molecule has 0 amide bonds. The van der Waals surface area contributed by atoms with Crippen molar-refractivity contribution in [3.63, 3.8) is 0 Å². The van der Waals surface area contributed by atoms with Crippen LogP contribution >= 0.6 is 0 Å². The van der Waals surface area contributed by atoms with E-state index in [4.69, 9.17) is 0 Å². The van der Waals surface area contributed by atoms with Gasteiger partial charge >= 0.3 is 0 Å². The van der Waals surface area contributed by atoms with E-state index >= 15 is 0 Å². The average Bonchev–Trinajstić information content (AvgIpc) is 2.45. The second kappa shape index (κ2) is 5.30. The lowest BCUT2D eigenvalue weighted by Gasteiger charge is -2.30. The summed E-state index contributed by atoms with van der Waals surface area (Å²) in [5, 5.41) is 1.80. The van der Waals surface area contributed by atoms with Crippen LogP contribution in [0.5, 0.6) is 0 Å². The number of hydrogen-bond acceptors (Lipinski definition) is 1. The highest BCUT2D eigenvalue weighted by molar-refractivity contribution is 5.86. The van der Waals surface area contributed by atoms with Crippen LogP contribution < -0.4 is 0 Å². The van der Waals surface area contributed by atoms with Crippen LogP contribution in [-0.2, 0) is 6.54 Å². The first-order valence-corrected chi connectivity index (χ1v) is 7.12. The van der Waals surface area contributed by atoms with E-state index in [1.807, 2.05) is 30.3 Å². The van der Waals surface area contributed by atoms with Gasteiger partial charge in [0.25, 0.3) is 0 Å². The Labute approximate surface area is 114 Å². The summed E-state index contributed by atoms with van der Waals surface area (Å²) in [6.45, 7) is 5.58. The van der Waals surface area contributed by atoms with Gasteiger partial charge < -0.3 is 0 Å². The molecule has 0 atom stereocenters. The lowest BCUT2D eigenvalue weighted by molar-refractivity contribution is 0.186. The molecule has 1 fully saturated rings. The molecule has 2 aromatic rings. The molecule has 0 aliphatic carbocycles. The maximum absolute atomic E-state index is 13.8. The van der Waals surface area contributed by atoms with Gasteiger partial charge in [-0.3, -0.25) is 4.90 Å². The fourth-order valence-corrected chi connectivity index (χ4v) is 2.92. The van der Waals surface area contributed by atoms with E-state index in [-0.39, 0.29) is 5.82 Å². The summed E-state index contributed by atoms with van der Waals surface area (Å²) < 4.78 is 13.8. The van der Waals surface area contributed by atoms with Gasteiger partial charge in [0.05, 0.1) is 0 Å². The van der Waals surface area contributed by atoms with Crippen LogP contribution in [0.2, 0.25) is 0 Å². The van der Waals surface area contributed by atoms with Crippen molar-refractivity contribution < 1.29 is 4.39 Å². The van der Waals surface area contributed by atoms with E-state index in [0.29, 0.717) is 0 Å². The maximum atomic E-state index is 13.8. The Kier molecular flexibility index (Phi) is 3.52. The van der Waals surface area contributed by atoms with E-state index in [9.17, 15) is 4.39 Å². The first-order valence-electron chi connectivity index (χ1n) is 7.12. The minimum absolute atomic E-state index is 0.119. The maximum Gasteiger partial charge on any atom is 0.131 e. The van der Waals surface area contributed by atoms with Crippen molar-refractivity contribution in [2.45, 2.75) is 26.3 Å². The molecule has 100 valence electrons. The van der Waals surface area contributed by atoms with Gasteiger partial charge in [-0.25, -0.2) is 4.39 Å². The standard InChI is InChI=1S/C17H20FN/c1-13-8-10-19(11-9-13)12-14-6-7-17(18)16-5-3-2-4-15(14)16/h2-7,13H,8-12H2,1H3. The highest BCUT2D eigenvalue weighted by Gasteiger charge is 2.16. The largest absolute Gasteiger partial charge is 0.299 e. The molecule has 1 aliphatic heterocycles. The van der Waals surface area contributed by atoms with Gasteiger partial charge in [-0.15, -0.1) is 0 Å². The molecule has 1 saturated heterocycles. The number of halogens is 1. The molecule has 0 bridgehead atoms. The Bertz CT molecular complexity index is 570. The van der Waals surface area contributed by atoms with Crippen LogP contribution in [0.1, 0.15) is 25.3 Å². The summed E-state index contributed by atoms with van der Waals surface area (Å²) in [4.78, 5) is 2.49. The second-order valence-electron chi connectivity index (χ2n) is 5.71. The minimum atomic E-state index is -0.119. The molecule has 0 aromatic heterocycles. The molecule has 0 N–H and O–H groups in total. The molecule has 2 aromatic carbocycles. The van der Waals surface area contributed by atoms with Crippen LogP contribution in [0.25, 0.3) is 10.8 Å². The summed E-state index contributed by atoms with van der Waals surface area (Å²) in [5.74, 6) is 0.729. The number of piperidine rings is 1. The predicted molar refractivity (Wildman–Crippen MR) is 77.6 cm³/mol. The van der Waals surface area contributed by atoms with Crippen LogP contribution in [0.3, 0.4) is 0 Å². The number of fused-ring (bicyclic) bond motifs is 1. The zero-order chi connectivity index (χ0) is 13.2. The van der Waals surface area contributed by atoms with Gasteiger partial charge in [0.1, 0.15) is 5.82 Å². The van der Waals surface area contributed by atoms with Gasteiger partial charge in [-0.05, 0) is 48.9 Å². The van der Waals surface area contributed by atoms with Gasteiger partial charge in [0.15, 0.2) is 0 Å². The average molecular weight is 257 g/mol. The van der Waals surface area contributed by atoms with Crippen LogP contribution in [0, 0.1) is 11.7 Å². The lowest BCUT2D eigenvalue weighted by Crippen LogP contribution is -2.32. The first-order chi connectivity index (χ1) is 9.24. The first kappa shape index (κ1) is 12.6. The molecule has 1 heterocycles. The van der Waals surface area contributed by atoms with Crippen molar-refractivity contribution in [1.29, 1.82) is 0 Å². The van der Waals surface area contributed by atoms with E-state index < -0.39 is 0 Å². The molecule has 1 aliphatic rings. The number of benzene rings is 2. The Morgan fingerprint density at radius 3 is 2.47 bits per heavy atom. The molecule has 2 heteroatoms. The third kappa shape index (κ3) is 2.64. The quantitative estimate of drug-likeness (QED) is 0.779. The monoisotopic (exact) mass is 257 g/mol. The third-order valence-corrected chi connectivity index (χ3v) is 4.23. The number of rotatable bonds is 2. The Morgan fingerprint density at radius 2 is 1.74 bits per heavy atom. The molecule has 19 heavy (non-hydrogen) atoms. The molecule has 0 spiro atoms. The fourth-order valence-electron chi connectivity index (χ4n) is 2.92. The van der Waals surface area contributed by atoms with Gasteiger partial charge in [-0.1, -0.05) is 37.3 Å². The van der Waals surface area contributed by atoms with Crippen LogP contribution in [0.4, 0.5) is 4.39 Å². The topological polar surface area (TPSA) is 3.24 Å². The van der Waals surface area contributed by atoms with Gasteiger partial charge in [0, 0.05) is 11.9 Å². The summed E-state index contributed by atoms with van der Waals surface area (Å²) >= 11 is 0. The van der Waals surface area contributed by atoms with Crippen LogP contribution in [-0.4, -0.2) is 18.0 Å². The normalized spacial score (nSPS) is 18.0. The number of hydrogen-bond donors (Lipinski definition) is 0. The van der Waals surface area contributed by atoms with Crippen molar-refractivity contribution in [3.8, 4) is 0 Å². The predicted octanol–water partition coefficient (Wildman–Crippen LogP) is 4.21. The number of nitrogens with zero attached hydrogens (tertiary/aromatic N) is 1. The molecular formula is C17H20FN. The zero-order valence-corrected chi connectivity index (χ0v) is 11.4. The summed E-state index contributed by atoms with van der Waals surface area (Å²) in [6, 6.07) is 11.3. The fraction of sp³-hybridized carbons (Fsp3) is 0.412.